The third kappa shape index (κ3) is 3.19. The van der Waals surface area contributed by atoms with Gasteiger partial charge in [-0.1, -0.05) is 12.1 Å². The maximum absolute atomic E-state index is 12.3. The summed E-state index contributed by atoms with van der Waals surface area (Å²) in [4.78, 5) is 14.6. The Morgan fingerprint density at radius 3 is 2.45 bits per heavy atom. The van der Waals surface area contributed by atoms with Crippen molar-refractivity contribution in [3.8, 4) is 0 Å². The number of para-hydroxylation sites is 2. The molecule has 22 heavy (non-hydrogen) atoms. The zero-order chi connectivity index (χ0) is 15.4. The van der Waals surface area contributed by atoms with Crippen LogP contribution in [0.2, 0.25) is 0 Å². The fourth-order valence-corrected chi connectivity index (χ4v) is 2.75. The van der Waals surface area contributed by atoms with Crippen molar-refractivity contribution in [2.75, 3.05) is 23.3 Å². The molecule has 1 saturated heterocycles. The van der Waals surface area contributed by atoms with Crippen molar-refractivity contribution in [3.05, 3.63) is 59.6 Å². The molecule has 5 nitrogen and oxygen atoms in total. The van der Waals surface area contributed by atoms with Gasteiger partial charge in [0, 0.05) is 25.2 Å². The van der Waals surface area contributed by atoms with Crippen LogP contribution in [0.4, 0.5) is 11.4 Å². The van der Waals surface area contributed by atoms with E-state index in [1.165, 1.54) is 43.8 Å². The molecule has 0 saturated carbocycles. The van der Waals surface area contributed by atoms with E-state index in [1.807, 2.05) is 24.3 Å². The van der Waals surface area contributed by atoms with Crippen LogP contribution >= 0.6 is 0 Å². The Labute approximate surface area is 129 Å². The molecule has 1 amide bonds. The number of nitrogens with one attached hydrogen (secondary N) is 1. The summed E-state index contributed by atoms with van der Waals surface area (Å²) in [6.07, 6.45) is 6.29. The number of carbonyl (C=O) groups is 1. The molecule has 0 spiro atoms. The van der Waals surface area contributed by atoms with Crippen molar-refractivity contribution >= 4 is 17.3 Å². The minimum Gasteiger partial charge on any atom is -0.619 e. The van der Waals surface area contributed by atoms with Gasteiger partial charge < -0.3 is 15.4 Å². The molecule has 0 atom stereocenters. The molecule has 0 radical (unpaired) electrons. The second-order valence-electron chi connectivity index (χ2n) is 5.47. The number of piperidine rings is 1. The maximum atomic E-state index is 12.3. The lowest BCUT2D eigenvalue weighted by atomic mass is 10.1. The Morgan fingerprint density at radius 2 is 1.73 bits per heavy atom. The van der Waals surface area contributed by atoms with Gasteiger partial charge in [0.05, 0.1) is 16.9 Å². The Hall–Kier alpha value is -2.56. The van der Waals surface area contributed by atoms with Gasteiger partial charge in [0.25, 0.3) is 5.91 Å². The van der Waals surface area contributed by atoms with Crippen LogP contribution in [0.25, 0.3) is 0 Å². The molecule has 2 aromatic rings. The largest absolute Gasteiger partial charge is 0.619 e. The summed E-state index contributed by atoms with van der Waals surface area (Å²) in [5.41, 5.74) is 2.35. The lowest BCUT2D eigenvalue weighted by Crippen LogP contribution is -2.30. The highest BCUT2D eigenvalue weighted by molar-refractivity contribution is 6.05. The van der Waals surface area contributed by atoms with Gasteiger partial charge in [-0.2, -0.15) is 4.73 Å². The molecule has 114 valence electrons. The van der Waals surface area contributed by atoms with Crippen LogP contribution in [-0.2, 0) is 0 Å². The first-order chi connectivity index (χ1) is 10.7. The number of aromatic nitrogens is 1. The van der Waals surface area contributed by atoms with Gasteiger partial charge in [0.15, 0.2) is 12.4 Å². The van der Waals surface area contributed by atoms with E-state index in [0.717, 1.165) is 24.5 Å². The van der Waals surface area contributed by atoms with E-state index in [4.69, 9.17) is 0 Å². The van der Waals surface area contributed by atoms with Crippen LogP contribution in [0.1, 0.15) is 29.6 Å². The molecule has 3 rings (SSSR count). The van der Waals surface area contributed by atoms with Crippen molar-refractivity contribution in [1.82, 2.24) is 0 Å². The van der Waals surface area contributed by atoms with Gasteiger partial charge in [-0.15, -0.1) is 0 Å². The number of amides is 1. The second kappa shape index (κ2) is 6.47. The van der Waals surface area contributed by atoms with Crippen LogP contribution in [-0.4, -0.2) is 19.0 Å². The first-order valence-corrected chi connectivity index (χ1v) is 7.58. The average molecular weight is 297 g/mol. The molecule has 0 bridgehead atoms. The monoisotopic (exact) mass is 297 g/mol. The smallest absolute Gasteiger partial charge is 0.256 e. The van der Waals surface area contributed by atoms with E-state index in [1.54, 1.807) is 0 Å². The van der Waals surface area contributed by atoms with Gasteiger partial charge in [-0.3, -0.25) is 4.79 Å². The highest BCUT2D eigenvalue weighted by Gasteiger charge is 2.16. The van der Waals surface area contributed by atoms with Crippen LogP contribution in [0, 0.1) is 5.21 Å². The molecule has 1 N–H and O–H groups in total. The highest BCUT2D eigenvalue weighted by atomic mass is 16.5. The summed E-state index contributed by atoms with van der Waals surface area (Å²) in [5.74, 6) is -0.204. The molecular formula is C17H19N3O2. The highest BCUT2D eigenvalue weighted by Crippen LogP contribution is 2.28. The van der Waals surface area contributed by atoms with Crippen molar-refractivity contribution in [3.63, 3.8) is 0 Å². The van der Waals surface area contributed by atoms with Gasteiger partial charge in [-0.25, -0.2) is 0 Å². The van der Waals surface area contributed by atoms with E-state index < -0.39 is 0 Å². The fraction of sp³-hybridized carbons (Fsp3) is 0.294. The van der Waals surface area contributed by atoms with E-state index in [9.17, 15) is 10.0 Å². The lowest BCUT2D eigenvalue weighted by Gasteiger charge is -2.30. The maximum Gasteiger partial charge on any atom is 0.256 e. The summed E-state index contributed by atoms with van der Waals surface area (Å²) in [7, 11) is 0. The van der Waals surface area contributed by atoms with Crippen molar-refractivity contribution in [1.29, 1.82) is 0 Å². The van der Waals surface area contributed by atoms with Gasteiger partial charge in [0.2, 0.25) is 0 Å². The third-order valence-corrected chi connectivity index (χ3v) is 3.91. The second-order valence-corrected chi connectivity index (χ2v) is 5.47. The van der Waals surface area contributed by atoms with E-state index in [0.29, 0.717) is 10.3 Å². The Balaban J connectivity index is 1.79. The minimum absolute atomic E-state index is 0.204. The molecule has 1 aromatic heterocycles. The number of anilines is 2. The number of hydrogen-bond donors (Lipinski definition) is 1. The first-order valence-electron chi connectivity index (χ1n) is 7.58. The average Bonchev–Trinajstić information content (AvgIpc) is 2.57. The summed E-state index contributed by atoms with van der Waals surface area (Å²) in [5, 5.41) is 14.0. The van der Waals surface area contributed by atoms with Crippen LogP contribution in [0.3, 0.4) is 0 Å². The molecule has 1 aliphatic heterocycles. The number of rotatable bonds is 3. The normalized spacial score (nSPS) is 14.6. The van der Waals surface area contributed by atoms with Gasteiger partial charge in [-0.05, 0) is 31.4 Å². The van der Waals surface area contributed by atoms with Gasteiger partial charge >= 0.3 is 0 Å². The standard InChI is InChI=1S/C17H19N3O2/c21-17(14-8-12-20(22)13-9-14)18-15-6-2-3-7-16(15)19-10-4-1-5-11-19/h2-3,6-9,12-13H,1,4-5,10-11H2,(H,18,21). The van der Waals surface area contributed by atoms with Crippen molar-refractivity contribution < 1.29 is 9.52 Å². The van der Waals surface area contributed by atoms with Crippen LogP contribution in [0.5, 0.6) is 0 Å². The molecule has 1 fully saturated rings. The number of nitrogens with zero attached hydrogens (tertiary/aromatic N) is 2. The Morgan fingerprint density at radius 1 is 1.05 bits per heavy atom. The Bertz CT molecular complexity index is 649. The Kier molecular flexibility index (Phi) is 4.23. The number of hydrogen-bond acceptors (Lipinski definition) is 3. The number of benzene rings is 1. The molecule has 1 aromatic carbocycles. The first kappa shape index (κ1) is 14.4. The molecule has 1 aliphatic rings. The zero-order valence-electron chi connectivity index (χ0n) is 12.4. The summed E-state index contributed by atoms with van der Waals surface area (Å²) in [6.45, 7) is 2.04. The third-order valence-electron chi connectivity index (χ3n) is 3.91. The summed E-state index contributed by atoms with van der Waals surface area (Å²) in [6, 6.07) is 10.9. The summed E-state index contributed by atoms with van der Waals surface area (Å²) < 4.78 is 0.665. The molecular weight excluding hydrogens is 278 g/mol. The molecule has 0 aliphatic carbocycles. The van der Waals surface area contributed by atoms with Crippen LogP contribution < -0.4 is 14.9 Å². The zero-order valence-corrected chi connectivity index (χ0v) is 12.4. The lowest BCUT2D eigenvalue weighted by molar-refractivity contribution is -0.605. The number of pyridine rings is 1. The predicted octanol–water partition coefficient (Wildman–Crippen LogP) is 2.56. The van der Waals surface area contributed by atoms with Crippen molar-refractivity contribution in [2.45, 2.75) is 19.3 Å². The molecule has 0 unspecified atom stereocenters. The topological polar surface area (TPSA) is 59.3 Å². The van der Waals surface area contributed by atoms with Crippen molar-refractivity contribution in [2.24, 2.45) is 0 Å². The van der Waals surface area contributed by atoms with Gasteiger partial charge in [0.1, 0.15) is 0 Å². The predicted molar refractivity (Wildman–Crippen MR) is 85.9 cm³/mol. The SMILES string of the molecule is O=C(Nc1ccccc1N1CCCCC1)c1cc[n+]([O-])cc1. The quantitative estimate of drug-likeness (QED) is 0.699. The van der Waals surface area contributed by atoms with E-state index >= 15 is 0 Å². The summed E-state index contributed by atoms with van der Waals surface area (Å²) >= 11 is 0. The molecule has 2 heterocycles. The van der Waals surface area contributed by atoms with E-state index in [2.05, 4.69) is 10.2 Å². The molecule has 5 heteroatoms. The van der Waals surface area contributed by atoms with Crippen LogP contribution in [0.15, 0.2) is 48.8 Å². The minimum atomic E-state index is -0.204. The van der Waals surface area contributed by atoms with E-state index in [-0.39, 0.29) is 5.91 Å². The fourth-order valence-electron chi connectivity index (χ4n) is 2.75. The number of carbonyl (C=O) groups excluding carboxylic acids is 1.